The van der Waals surface area contributed by atoms with Crippen LogP contribution in [0.3, 0.4) is 0 Å². The van der Waals surface area contributed by atoms with Crippen molar-refractivity contribution >= 4 is 17.5 Å². The molecule has 0 spiro atoms. The van der Waals surface area contributed by atoms with Crippen LogP contribution in [0, 0.1) is 22.7 Å². The lowest BCUT2D eigenvalue weighted by atomic mass is 10.1. The van der Waals surface area contributed by atoms with Crippen molar-refractivity contribution in [2.75, 3.05) is 5.73 Å². The van der Waals surface area contributed by atoms with E-state index < -0.39 is 11.7 Å². The second-order valence-electron chi connectivity index (χ2n) is 6.92. The van der Waals surface area contributed by atoms with E-state index in [2.05, 4.69) is 5.10 Å². The van der Waals surface area contributed by atoms with Crippen LogP contribution >= 0.6 is 0 Å². The Morgan fingerprint density at radius 2 is 1.79 bits per heavy atom. The molecule has 0 unspecified atom stereocenters. The van der Waals surface area contributed by atoms with Crippen LogP contribution in [0.2, 0.25) is 0 Å². The number of benzene rings is 2. The van der Waals surface area contributed by atoms with Gasteiger partial charge in [-0.2, -0.15) is 28.8 Å². The van der Waals surface area contributed by atoms with E-state index in [1.807, 2.05) is 18.2 Å². The quantitative estimate of drug-likeness (QED) is 0.408. The molecule has 0 atom stereocenters. The lowest BCUT2D eigenvalue weighted by Gasteiger charge is -2.07. The van der Waals surface area contributed by atoms with Gasteiger partial charge in [-0.25, -0.2) is 4.68 Å². The molecule has 0 amide bonds. The summed E-state index contributed by atoms with van der Waals surface area (Å²) in [5, 5.41) is 23.6. The zero-order chi connectivity index (χ0) is 23.6. The van der Waals surface area contributed by atoms with Crippen molar-refractivity contribution < 1.29 is 17.6 Å². The number of allylic oxidation sites excluding steroid dienone is 1. The second-order valence-corrected chi connectivity index (χ2v) is 6.92. The number of nitriles is 2. The third-order valence-corrected chi connectivity index (χ3v) is 4.80. The van der Waals surface area contributed by atoms with Crippen molar-refractivity contribution in [3.8, 4) is 29.1 Å². The minimum atomic E-state index is -4.48. The standard InChI is InChI=1S/C24H14F3N5O/c25-24(26,27)17-6-4-5-15(11-17)21-10-9-19(33-21)12-16(13-28)22-20(14-29)23(30)32(31-22)18-7-2-1-3-8-18/h1-12H,30H2/b16-12+. The number of halogens is 3. The Bertz CT molecular complexity index is 1430. The first-order valence-corrected chi connectivity index (χ1v) is 9.55. The van der Waals surface area contributed by atoms with E-state index in [1.165, 1.54) is 35.0 Å². The molecule has 4 aromatic rings. The van der Waals surface area contributed by atoms with Gasteiger partial charge in [0.15, 0.2) is 0 Å². The monoisotopic (exact) mass is 445 g/mol. The number of nitrogens with two attached hydrogens (primary N) is 1. The van der Waals surface area contributed by atoms with Crippen LogP contribution in [-0.2, 0) is 6.18 Å². The zero-order valence-electron chi connectivity index (χ0n) is 16.8. The van der Waals surface area contributed by atoms with Crippen LogP contribution in [0.15, 0.2) is 71.1 Å². The molecule has 162 valence electrons. The summed E-state index contributed by atoms with van der Waals surface area (Å²) in [4.78, 5) is 0. The fourth-order valence-electron chi connectivity index (χ4n) is 3.23. The molecule has 9 heteroatoms. The number of alkyl halides is 3. The molecule has 2 aromatic carbocycles. The van der Waals surface area contributed by atoms with E-state index in [4.69, 9.17) is 10.2 Å². The van der Waals surface area contributed by atoms with Crippen LogP contribution < -0.4 is 5.73 Å². The van der Waals surface area contributed by atoms with Gasteiger partial charge in [-0.05, 0) is 36.4 Å². The Labute approximate surface area is 186 Å². The molecule has 4 rings (SSSR count). The maximum Gasteiger partial charge on any atom is 0.416 e. The van der Waals surface area contributed by atoms with Gasteiger partial charge in [-0.15, -0.1) is 0 Å². The maximum absolute atomic E-state index is 13.0. The van der Waals surface area contributed by atoms with Gasteiger partial charge in [0.1, 0.15) is 40.7 Å². The van der Waals surface area contributed by atoms with Gasteiger partial charge in [-0.3, -0.25) is 0 Å². The first-order chi connectivity index (χ1) is 15.8. The zero-order valence-corrected chi connectivity index (χ0v) is 16.8. The van der Waals surface area contributed by atoms with Crippen LogP contribution in [0.5, 0.6) is 0 Å². The highest BCUT2D eigenvalue weighted by atomic mass is 19.4. The average Bonchev–Trinajstić information content (AvgIpc) is 3.41. The average molecular weight is 445 g/mol. The highest BCUT2D eigenvalue weighted by Gasteiger charge is 2.30. The van der Waals surface area contributed by atoms with E-state index in [1.54, 1.807) is 24.3 Å². The summed E-state index contributed by atoms with van der Waals surface area (Å²) in [6.45, 7) is 0. The van der Waals surface area contributed by atoms with Crippen molar-refractivity contribution in [2.24, 2.45) is 0 Å². The molecule has 0 bridgehead atoms. The topological polar surface area (TPSA) is 105 Å². The molecule has 2 N–H and O–H groups in total. The van der Waals surface area contributed by atoms with Crippen molar-refractivity contribution in [3.05, 3.63) is 89.3 Å². The van der Waals surface area contributed by atoms with E-state index in [0.29, 0.717) is 5.69 Å². The van der Waals surface area contributed by atoms with Gasteiger partial charge in [0.2, 0.25) is 0 Å². The van der Waals surface area contributed by atoms with Crippen molar-refractivity contribution in [2.45, 2.75) is 6.18 Å². The highest BCUT2D eigenvalue weighted by molar-refractivity contribution is 5.90. The summed E-state index contributed by atoms with van der Waals surface area (Å²) in [5.74, 6) is 0.471. The molecule has 6 nitrogen and oxygen atoms in total. The van der Waals surface area contributed by atoms with Crippen molar-refractivity contribution in [1.82, 2.24) is 9.78 Å². The summed E-state index contributed by atoms with van der Waals surface area (Å²) < 4.78 is 46.0. The summed E-state index contributed by atoms with van der Waals surface area (Å²) in [6.07, 6.45) is -3.13. The van der Waals surface area contributed by atoms with Crippen LogP contribution in [0.4, 0.5) is 19.0 Å². The van der Waals surface area contributed by atoms with Gasteiger partial charge >= 0.3 is 6.18 Å². The summed E-state index contributed by atoms with van der Waals surface area (Å²) >= 11 is 0. The Balaban J connectivity index is 1.73. The number of nitrogen functional groups attached to an aromatic ring is 1. The highest BCUT2D eigenvalue weighted by Crippen LogP contribution is 2.33. The normalized spacial score (nSPS) is 11.7. The van der Waals surface area contributed by atoms with E-state index in [9.17, 15) is 23.7 Å². The van der Waals surface area contributed by atoms with Gasteiger partial charge in [0.05, 0.1) is 16.8 Å². The van der Waals surface area contributed by atoms with E-state index >= 15 is 0 Å². The third-order valence-electron chi connectivity index (χ3n) is 4.80. The van der Waals surface area contributed by atoms with Crippen molar-refractivity contribution in [1.29, 1.82) is 10.5 Å². The van der Waals surface area contributed by atoms with Crippen molar-refractivity contribution in [3.63, 3.8) is 0 Å². The predicted octanol–water partition coefficient (Wildman–Crippen LogP) is 5.67. The number of nitrogens with zero attached hydrogens (tertiary/aromatic N) is 4. The van der Waals surface area contributed by atoms with Gasteiger partial charge < -0.3 is 10.2 Å². The summed E-state index contributed by atoms with van der Waals surface area (Å²) in [5.41, 5.74) is 6.24. The number of aromatic nitrogens is 2. The molecule has 0 aliphatic rings. The fraction of sp³-hybridized carbons (Fsp3) is 0.0417. The maximum atomic E-state index is 13.0. The Morgan fingerprint density at radius 3 is 2.45 bits per heavy atom. The first kappa shape index (κ1) is 21.5. The molecular formula is C24H14F3N5O. The Hall–Kier alpha value is -4.76. The Kier molecular flexibility index (Phi) is 5.47. The molecular weight excluding hydrogens is 431 g/mol. The van der Waals surface area contributed by atoms with Gasteiger partial charge in [-0.1, -0.05) is 30.3 Å². The van der Waals surface area contributed by atoms with Crippen LogP contribution in [-0.4, -0.2) is 9.78 Å². The minimum absolute atomic E-state index is 0.0119. The molecule has 2 aromatic heterocycles. The number of anilines is 1. The number of para-hydroxylation sites is 1. The lowest BCUT2D eigenvalue weighted by Crippen LogP contribution is -2.04. The van der Waals surface area contributed by atoms with E-state index in [-0.39, 0.29) is 39.7 Å². The van der Waals surface area contributed by atoms with Crippen LogP contribution in [0.1, 0.15) is 22.6 Å². The number of hydrogen-bond donors (Lipinski definition) is 1. The largest absolute Gasteiger partial charge is 0.457 e. The van der Waals surface area contributed by atoms with Gasteiger partial charge in [0, 0.05) is 11.6 Å². The predicted molar refractivity (Wildman–Crippen MR) is 115 cm³/mol. The van der Waals surface area contributed by atoms with E-state index in [0.717, 1.165) is 12.1 Å². The molecule has 0 aliphatic heterocycles. The number of furan rings is 1. The molecule has 0 fully saturated rings. The fourth-order valence-corrected chi connectivity index (χ4v) is 3.23. The minimum Gasteiger partial charge on any atom is -0.457 e. The smallest absolute Gasteiger partial charge is 0.416 e. The molecule has 2 heterocycles. The number of rotatable bonds is 4. The molecule has 33 heavy (non-hydrogen) atoms. The first-order valence-electron chi connectivity index (χ1n) is 9.55. The summed E-state index contributed by atoms with van der Waals surface area (Å²) in [7, 11) is 0. The number of hydrogen-bond acceptors (Lipinski definition) is 5. The molecule has 0 saturated carbocycles. The van der Waals surface area contributed by atoms with Gasteiger partial charge in [0.25, 0.3) is 0 Å². The molecule has 0 radical (unpaired) electrons. The lowest BCUT2D eigenvalue weighted by molar-refractivity contribution is -0.137. The Morgan fingerprint density at radius 1 is 1.03 bits per heavy atom. The third kappa shape index (κ3) is 4.21. The SMILES string of the molecule is N#C/C(=C\c1ccc(-c2cccc(C(F)(F)F)c2)o1)c1nn(-c2ccccc2)c(N)c1C#N. The molecule has 0 saturated heterocycles. The van der Waals surface area contributed by atoms with Crippen LogP contribution in [0.25, 0.3) is 28.7 Å². The molecule has 0 aliphatic carbocycles. The second kappa shape index (κ2) is 8.40. The summed E-state index contributed by atoms with van der Waals surface area (Å²) in [6, 6.07) is 20.6.